The lowest BCUT2D eigenvalue weighted by Gasteiger charge is -2.31. The van der Waals surface area contributed by atoms with Crippen LogP contribution in [0.3, 0.4) is 0 Å². The van der Waals surface area contributed by atoms with Gasteiger partial charge in [-0.1, -0.05) is 31.5 Å². The van der Waals surface area contributed by atoms with Crippen LogP contribution in [0.1, 0.15) is 30.9 Å². The lowest BCUT2D eigenvalue weighted by Crippen LogP contribution is -2.35. The van der Waals surface area contributed by atoms with Gasteiger partial charge >= 0.3 is 0 Å². The van der Waals surface area contributed by atoms with Crippen molar-refractivity contribution in [3.8, 4) is 0 Å². The van der Waals surface area contributed by atoms with E-state index < -0.39 is 10.0 Å². The smallest absolute Gasteiger partial charge is 0.232 e. The van der Waals surface area contributed by atoms with E-state index in [9.17, 15) is 8.42 Å². The van der Waals surface area contributed by atoms with Crippen molar-refractivity contribution in [2.45, 2.75) is 32.6 Å². The molecule has 0 bridgehead atoms. The van der Waals surface area contributed by atoms with Gasteiger partial charge in [-0.3, -0.25) is 4.31 Å². The van der Waals surface area contributed by atoms with E-state index >= 15 is 0 Å². The molecule has 0 radical (unpaired) electrons. The molecule has 1 aromatic rings. The summed E-state index contributed by atoms with van der Waals surface area (Å²) in [7, 11) is -3.15. The maximum atomic E-state index is 11.8. The minimum atomic E-state index is -3.15. The SMILES string of the molecule is CCCc1cccc2c1N(S(C)(=O)=O)CCC2. The van der Waals surface area contributed by atoms with Crippen LogP contribution in [-0.2, 0) is 22.9 Å². The summed E-state index contributed by atoms with van der Waals surface area (Å²) in [6.45, 7) is 2.74. The molecule has 2 rings (SSSR count). The number of benzene rings is 1. The first kappa shape index (κ1) is 12.4. The summed E-state index contributed by atoms with van der Waals surface area (Å²) < 4.78 is 25.2. The third kappa shape index (κ3) is 2.46. The Labute approximate surface area is 104 Å². The second-order valence-electron chi connectivity index (χ2n) is 4.61. The third-order valence-electron chi connectivity index (χ3n) is 3.18. The van der Waals surface area contributed by atoms with E-state index in [1.165, 1.54) is 11.8 Å². The minimum absolute atomic E-state index is 0.618. The molecule has 0 aliphatic carbocycles. The molecule has 0 N–H and O–H groups in total. The van der Waals surface area contributed by atoms with Gasteiger partial charge in [-0.15, -0.1) is 0 Å². The van der Waals surface area contributed by atoms with Crippen molar-refractivity contribution in [2.24, 2.45) is 0 Å². The lowest BCUT2D eigenvalue weighted by molar-refractivity contribution is 0.592. The Hall–Kier alpha value is -1.03. The molecular formula is C13H19NO2S. The number of fused-ring (bicyclic) bond motifs is 1. The van der Waals surface area contributed by atoms with Crippen LogP contribution in [0.25, 0.3) is 0 Å². The summed E-state index contributed by atoms with van der Waals surface area (Å²) >= 11 is 0. The van der Waals surface area contributed by atoms with Gasteiger partial charge in [-0.05, 0) is 30.4 Å². The summed E-state index contributed by atoms with van der Waals surface area (Å²) in [5, 5.41) is 0. The van der Waals surface area contributed by atoms with E-state index in [4.69, 9.17) is 0 Å². The fourth-order valence-corrected chi connectivity index (χ4v) is 3.52. The molecule has 0 saturated carbocycles. The summed E-state index contributed by atoms with van der Waals surface area (Å²) in [5.74, 6) is 0. The number of aryl methyl sites for hydroxylation is 2. The third-order valence-corrected chi connectivity index (χ3v) is 4.35. The zero-order chi connectivity index (χ0) is 12.5. The number of hydrogen-bond donors (Lipinski definition) is 0. The molecule has 0 saturated heterocycles. The van der Waals surface area contributed by atoms with Crippen LogP contribution in [-0.4, -0.2) is 21.2 Å². The Morgan fingerprint density at radius 3 is 2.76 bits per heavy atom. The first-order valence-corrected chi connectivity index (χ1v) is 7.97. The highest BCUT2D eigenvalue weighted by atomic mass is 32.2. The normalized spacial score (nSPS) is 15.8. The van der Waals surface area contributed by atoms with Crippen molar-refractivity contribution >= 4 is 15.7 Å². The van der Waals surface area contributed by atoms with Gasteiger partial charge in [-0.25, -0.2) is 8.42 Å². The van der Waals surface area contributed by atoms with Crippen molar-refractivity contribution in [3.05, 3.63) is 29.3 Å². The highest BCUT2D eigenvalue weighted by Gasteiger charge is 2.25. The average Bonchev–Trinajstić information content (AvgIpc) is 2.28. The predicted octanol–water partition coefficient (Wildman–Crippen LogP) is 2.35. The van der Waals surface area contributed by atoms with Gasteiger partial charge in [0.1, 0.15) is 0 Å². The van der Waals surface area contributed by atoms with E-state index in [1.807, 2.05) is 18.2 Å². The molecule has 1 aliphatic rings. The molecule has 0 atom stereocenters. The largest absolute Gasteiger partial charge is 0.270 e. The Kier molecular flexibility index (Phi) is 3.43. The van der Waals surface area contributed by atoms with Crippen LogP contribution in [0, 0.1) is 0 Å². The lowest BCUT2D eigenvalue weighted by atomic mass is 9.97. The Bertz CT molecular complexity index is 508. The van der Waals surface area contributed by atoms with Crippen LogP contribution >= 0.6 is 0 Å². The molecule has 0 spiro atoms. The molecule has 0 amide bonds. The van der Waals surface area contributed by atoms with Gasteiger partial charge in [0.15, 0.2) is 0 Å². The topological polar surface area (TPSA) is 37.4 Å². The van der Waals surface area contributed by atoms with Crippen molar-refractivity contribution in [1.29, 1.82) is 0 Å². The quantitative estimate of drug-likeness (QED) is 0.829. The van der Waals surface area contributed by atoms with Crippen LogP contribution in [0.2, 0.25) is 0 Å². The van der Waals surface area contributed by atoms with E-state index in [0.29, 0.717) is 6.54 Å². The molecule has 1 aliphatic heterocycles. The van der Waals surface area contributed by atoms with E-state index in [2.05, 4.69) is 6.92 Å². The molecule has 94 valence electrons. The summed E-state index contributed by atoms with van der Waals surface area (Å²) in [4.78, 5) is 0. The number of anilines is 1. The highest BCUT2D eigenvalue weighted by molar-refractivity contribution is 7.92. The number of sulfonamides is 1. The monoisotopic (exact) mass is 253 g/mol. The fraction of sp³-hybridized carbons (Fsp3) is 0.538. The van der Waals surface area contributed by atoms with E-state index in [1.54, 1.807) is 4.31 Å². The van der Waals surface area contributed by atoms with Crippen molar-refractivity contribution in [2.75, 3.05) is 17.1 Å². The number of rotatable bonds is 3. The van der Waals surface area contributed by atoms with Crippen LogP contribution in [0.15, 0.2) is 18.2 Å². The second kappa shape index (κ2) is 4.69. The fourth-order valence-electron chi connectivity index (χ4n) is 2.49. The molecule has 4 heteroatoms. The molecule has 1 heterocycles. The Morgan fingerprint density at radius 2 is 2.12 bits per heavy atom. The van der Waals surface area contributed by atoms with Gasteiger partial charge < -0.3 is 0 Å². The Balaban J connectivity index is 2.54. The van der Waals surface area contributed by atoms with Crippen LogP contribution in [0.4, 0.5) is 5.69 Å². The molecule has 3 nitrogen and oxygen atoms in total. The zero-order valence-electron chi connectivity index (χ0n) is 10.4. The van der Waals surface area contributed by atoms with Gasteiger partial charge in [-0.2, -0.15) is 0 Å². The first-order chi connectivity index (χ1) is 8.04. The average molecular weight is 253 g/mol. The second-order valence-corrected chi connectivity index (χ2v) is 6.52. The number of para-hydroxylation sites is 1. The first-order valence-electron chi connectivity index (χ1n) is 6.12. The summed E-state index contributed by atoms with van der Waals surface area (Å²) in [5.41, 5.74) is 3.28. The molecular weight excluding hydrogens is 234 g/mol. The van der Waals surface area contributed by atoms with Gasteiger partial charge in [0, 0.05) is 6.54 Å². The highest BCUT2D eigenvalue weighted by Crippen LogP contribution is 2.33. The maximum absolute atomic E-state index is 11.8. The van der Waals surface area contributed by atoms with E-state index in [-0.39, 0.29) is 0 Å². The van der Waals surface area contributed by atoms with Gasteiger partial charge in [0.25, 0.3) is 0 Å². The summed E-state index contributed by atoms with van der Waals surface area (Å²) in [6, 6.07) is 6.13. The number of hydrogen-bond acceptors (Lipinski definition) is 2. The van der Waals surface area contributed by atoms with Crippen LogP contribution in [0.5, 0.6) is 0 Å². The molecule has 17 heavy (non-hydrogen) atoms. The standard InChI is InChI=1S/C13H19NO2S/c1-3-6-11-7-4-8-12-9-5-10-14(13(11)12)17(2,15)16/h4,7-8H,3,5-6,9-10H2,1-2H3. The van der Waals surface area contributed by atoms with Crippen molar-refractivity contribution in [1.82, 2.24) is 0 Å². The minimum Gasteiger partial charge on any atom is -0.270 e. The van der Waals surface area contributed by atoms with E-state index in [0.717, 1.165) is 36.9 Å². The van der Waals surface area contributed by atoms with Crippen molar-refractivity contribution < 1.29 is 8.42 Å². The molecule has 0 unspecified atom stereocenters. The van der Waals surface area contributed by atoms with Crippen molar-refractivity contribution in [3.63, 3.8) is 0 Å². The Morgan fingerprint density at radius 1 is 1.35 bits per heavy atom. The molecule has 1 aromatic carbocycles. The number of nitrogens with zero attached hydrogens (tertiary/aromatic N) is 1. The maximum Gasteiger partial charge on any atom is 0.232 e. The zero-order valence-corrected chi connectivity index (χ0v) is 11.3. The predicted molar refractivity (Wildman–Crippen MR) is 70.9 cm³/mol. The summed E-state index contributed by atoms with van der Waals surface area (Å²) in [6.07, 6.45) is 5.17. The molecule has 0 aromatic heterocycles. The van der Waals surface area contributed by atoms with Crippen LogP contribution < -0.4 is 4.31 Å². The van der Waals surface area contributed by atoms with Gasteiger partial charge in [0.05, 0.1) is 11.9 Å². The molecule has 0 fully saturated rings. The van der Waals surface area contributed by atoms with Gasteiger partial charge in [0.2, 0.25) is 10.0 Å².